The predicted octanol–water partition coefficient (Wildman–Crippen LogP) is 6.56. The summed E-state index contributed by atoms with van der Waals surface area (Å²) in [6.45, 7) is -2.79. The zero-order valence-corrected chi connectivity index (χ0v) is 29.9. The number of ether oxygens (including phenoxy) is 4. The molecule has 270 valence electrons. The number of pyridine rings is 1. The van der Waals surface area contributed by atoms with Crippen molar-refractivity contribution < 1.29 is 45.7 Å². The number of nitrogens with zero attached hydrogens (tertiary/aromatic N) is 3. The minimum absolute atomic E-state index is 0.0244. The molecule has 1 aliphatic heterocycles. The SMILES string of the molecule is COc1ccc(S(=O)(=O)N2CCCCC2C(=O)OC(Cc2c(Cl)cncc2Cl)c2ccc(OC(F)F)c(OCC3CC3)c2)cc1C(=O)N(C)C. The summed E-state index contributed by atoms with van der Waals surface area (Å²) in [5.41, 5.74) is 0.792. The lowest BCUT2D eigenvalue weighted by Gasteiger charge is -2.34. The Morgan fingerprint density at radius 3 is 2.34 bits per heavy atom. The van der Waals surface area contributed by atoms with Crippen LogP contribution in [-0.4, -0.2) is 81.5 Å². The lowest BCUT2D eigenvalue weighted by Crippen LogP contribution is -2.48. The van der Waals surface area contributed by atoms with Gasteiger partial charge in [0, 0.05) is 39.5 Å². The van der Waals surface area contributed by atoms with Crippen molar-refractivity contribution in [2.75, 3.05) is 34.4 Å². The van der Waals surface area contributed by atoms with Gasteiger partial charge in [-0.15, -0.1) is 0 Å². The highest BCUT2D eigenvalue weighted by Gasteiger charge is 2.40. The number of piperidine rings is 1. The number of amides is 1. The highest BCUT2D eigenvalue weighted by atomic mass is 35.5. The van der Waals surface area contributed by atoms with Crippen molar-refractivity contribution in [1.29, 1.82) is 0 Å². The van der Waals surface area contributed by atoms with E-state index in [4.69, 9.17) is 37.4 Å². The van der Waals surface area contributed by atoms with E-state index in [1.165, 1.54) is 74.9 Å². The van der Waals surface area contributed by atoms with Crippen LogP contribution in [0.2, 0.25) is 10.0 Å². The number of carbonyl (C=O) groups excluding carboxylic acids is 2. The third kappa shape index (κ3) is 8.76. The number of aromatic nitrogens is 1. The van der Waals surface area contributed by atoms with Gasteiger partial charge in [-0.05, 0) is 79.5 Å². The van der Waals surface area contributed by atoms with Crippen LogP contribution in [0, 0.1) is 5.92 Å². The summed E-state index contributed by atoms with van der Waals surface area (Å²) in [7, 11) is 0.114. The van der Waals surface area contributed by atoms with Gasteiger partial charge in [-0.2, -0.15) is 13.1 Å². The van der Waals surface area contributed by atoms with Crippen LogP contribution in [0.5, 0.6) is 17.2 Å². The largest absolute Gasteiger partial charge is 0.496 e. The number of hydrogen-bond donors (Lipinski definition) is 0. The number of rotatable bonds is 14. The number of methoxy groups -OCH3 is 1. The van der Waals surface area contributed by atoms with E-state index in [0.717, 1.165) is 17.1 Å². The second-order valence-electron chi connectivity index (χ2n) is 12.2. The fraction of sp³-hybridized carbons (Fsp3) is 0.441. The normalized spacial score (nSPS) is 17.2. The van der Waals surface area contributed by atoms with Gasteiger partial charge in [0.25, 0.3) is 5.91 Å². The van der Waals surface area contributed by atoms with E-state index in [0.29, 0.717) is 29.9 Å². The molecule has 2 unspecified atom stereocenters. The Hall–Kier alpha value is -3.72. The Kier molecular flexibility index (Phi) is 12.1. The maximum Gasteiger partial charge on any atom is 0.387 e. The van der Waals surface area contributed by atoms with Crippen LogP contribution in [0.25, 0.3) is 0 Å². The molecule has 2 aromatic carbocycles. The van der Waals surface area contributed by atoms with E-state index in [-0.39, 0.29) is 63.7 Å². The maximum absolute atomic E-state index is 14.1. The number of sulfonamides is 1. The third-order valence-corrected chi connectivity index (χ3v) is 11.0. The topological polar surface area (TPSA) is 125 Å². The minimum atomic E-state index is -4.32. The Labute approximate surface area is 299 Å². The fourth-order valence-electron chi connectivity index (χ4n) is 5.61. The van der Waals surface area contributed by atoms with E-state index in [2.05, 4.69) is 9.72 Å². The average Bonchev–Trinajstić information content (AvgIpc) is 3.92. The van der Waals surface area contributed by atoms with Gasteiger partial charge in [-0.1, -0.05) is 29.3 Å². The molecule has 2 aliphatic rings. The van der Waals surface area contributed by atoms with Gasteiger partial charge in [-0.3, -0.25) is 14.6 Å². The third-order valence-electron chi connectivity index (χ3n) is 8.47. The van der Waals surface area contributed by atoms with Crippen LogP contribution in [0.15, 0.2) is 53.7 Å². The summed E-state index contributed by atoms with van der Waals surface area (Å²) in [5, 5.41) is 0.400. The van der Waals surface area contributed by atoms with Gasteiger partial charge >= 0.3 is 12.6 Å². The molecule has 1 saturated heterocycles. The van der Waals surface area contributed by atoms with Crippen molar-refractivity contribution in [3.63, 3.8) is 0 Å². The summed E-state index contributed by atoms with van der Waals surface area (Å²) >= 11 is 12.9. The van der Waals surface area contributed by atoms with Crippen LogP contribution in [-0.2, 0) is 26.0 Å². The van der Waals surface area contributed by atoms with Crippen LogP contribution >= 0.6 is 23.2 Å². The van der Waals surface area contributed by atoms with Gasteiger partial charge < -0.3 is 23.8 Å². The predicted molar refractivity (Wildman–Crippen MR) is 181 cm³/mol. The monoisotopic (exact) mass is 755 g/mol. The molecular formula is C34H37Cl2F2N3O8S. The first-order valence-electron chi connectivity index (χ1n) is 15.9. The Balaban J connectivity index is 1.49. The number of esters is 1. The van der Waals surface area contributed by atoms with Crippen LogP contribution in [0.4, 0.5) is 8.78 Å². The quantitative estimate of drug-likeness (QED) is 0.168. The molecule has 0 radical (unpaired) electrons. The number of hydrogen-bond acceptors (Lipinski definition) is 9. The lowest BCUT2D eigenvalue weighted by molar-refractivity contribution is -0.155. The first kappa shape index (κ1) is 37.5. The molecule has 1 aromatic heterocycles. The Morgan fingerprint density at radius 1 is 1.00 bits per heavy atom. The van der Waals surface area contributed by atoms with Gasteiger partial charge in [-0.25, -0.2) is 8.42 Å². The summed E-state index contributed by atoms with van der Waals surface area (Å²) in [6, 6.07) is 6.94. The molecule has 0 bridgehead atoms. The zero-order chi connectivity index (χ0) is 36.2. The van der Waals surface area contributed by atoms with E-state index < -0.39 is 40.7 Å². The molecule has 3 aromatic rings. The number of alkyl halides is 2. The number of benzene rings is 2. The second-order valence-corrected chi connectivity index (χ2v) is 14.9. The molecule has 1 aliphatic carbocycles. The maximum atomic E-state index is 14.1. The molecule has 1 amide bonds. The highest BCUT2D eigenvalue weighted by Crippen LogP contribution is 2.39. The molecule has 0 N–H and O–H groups in total. The van der Waals surface area contributed by atoms with Crippen LogP contribution in [0.3, 0.4) is 0 Å². The first-order chi connectivity index (χ1) is 23.8. The molecule has 50 heavy (non-hydrogen) atoms. The fourth-order valence-corrected chi connectivity index (χ4v) is 7.80. The molecule has 11 nitrogen and oxygen atoms in total. The van der Waals surface area contributed by atoms with E-state index in [9.17, 15) is 26.8 Å². The molecule has 2 atom stereocenters. The van der Waals surface area contributed by atoms with E-state index in [1.807, 2.05) is 0 Å². The lowest BCUT2D eigenvalue weighted by atomic mass is 10.0. The summed E-state index contributed by atoms with van der Waals surface area (Å²) < 4.78 is 77.7. The van der Waals surface area contributed by atoms with Crippen molar-refractivity contribution in [2.45, 2.75) is 62.2 Å². The van der Waals surface area contributed by atoms with Crippen molar-refractivity contribution in [3.05, 3.63) is 75.5 Å². The Bertz CT molecular complexity index is 1810. The molecule has 0 spiro atoms. The van der Waals surface area contributed by atoms with Gasteiger partial charge in [0.2, 0.25) is 10.0 Å². The average molecular weight is 757 g/mol. The zero-order valence-electron chi connectivity index (χ0n) is 27.6. The van der Waals surface area contributed by atoms with Crippen molar-refractivity contribution >= 4 is 45.1 Å². The molecule has 16 heteroatoms. The van der Waals surface area contributed by atoms with Gasteiger partial charge in [0.15, 0.2) is 11.5 Å². The van der Waals surface area contributed by atoms with Crippen molar-refractivity contribution in [3.8, 4) is 17.2 Å². The Morgan fingerprint density at radius 2 is 1.70 bits per heavy atom. The van der Waals surface area contributed by atoms with Gasteiger partial charge in [0.1, 0.15) is 17.9 Å². The van der Waals surface area contributed by atoms with Crippen molar-refractivity contribution in [2.24, 2.45) is 5.92 Å². The summed E-state index contributed by atoms with van der Waals surface area (Å²) in [4.78, 5) is 32.0. The van der Waals surface area contributed by atoms with E-state index in [1.54, 1.807) is 0 Å². The molecular weight excluding hydrogens is 719 g/mol. The minimum Gasteiger partial charge on any atom is -0.496 e. The van der Waals surface area contributed by atoms with E-state index >= 15 is 0 Å². The van der Waals surface area contributed by atoms with Gasteiger partial charge in [0.05, 0.1) is 34.2 Å². The van der Waals surface area contributed by atoms with Crippen LogP contribution in [0.1, 0.15) is 59.7 Å². The van der Waals surface area contributed by atoms with Crippen molar-refractivity contribution in [1.82, 2.24) is 14.2 Å². The number of carbonyl (C=O) groups is 2. The second kappa shape index (κ2) is 16.1. The first-order valence-corrected chi connectivity index (χ1v) is 18.1. The smallest absolute Gasteiger partial charge is 0.387 e. The molecule has 2 heterocycles. The standard InChI is InChI=1S/C34H37Cl2F2N3O8S/c1-40(2)32(42)24-15-22(10-12-28(24)46-3)50(44,45)41-13-5-4-6-27(41)33(43)48-30(16-23-25(35)17-39-18-26(23)36)21-9-11-29(49-34(37)38)31(14-21)47-19-20-7-8-20/h9-12,14-15,17-18,20,27,30,34H,4-8,13,16,19H2,1-3H3. The molecule has 5 rings (SSSR count). The summed E-state index contributed by atoms with van der Waals surface area (Å²) in [5.74, 6) is -0.971. The summed E-state index contributed by atoms with van der Waals surface area (Å²) in [6.07, 6.45) is 4.70. The molecule has 1 saturated carbocycles. The number of halogens is 4. The molecule has 2 fully saturated rings. The van der Waals surface area contributed by atoms with Crippen LogP contribution < -0.4 is 14.2 Å². The highest BCUT2D eigenvalue weighted by molar-refractivity contribution is 7.89.